The average Bonchev–Trinajstić information content (AvgIpc) is 2.92. The second-order valence-electron chi connectivity index (χ2n) is 4.80. The molecule has 0 aliphatic carbocycles. The van der Waals surface area contributed by atoms with Gasteiger partial charge in [0.25, 0.3) is 0 Å². The number of rotatable bonds is 5. The van der Waals surface area contributed by atoms with Crippen molar-refractivity contribution in [1.82, 2.24) is 15.3 Å². The predicted octanol–water partition coefficient (Wildman–Crippen LogP) is 2.57. The van der Waals surface area contributed by atoms with Gasteiger partial charge in [-0.25, -0.2) is 4.98 Å². The highest BCUT2D eigenvalue weighted by Gasteiger charge is 2.05. The van der Waals surface area contributed by atoms with Gasteiger partial charge in [-0.3, -0.25) is 0 Å². The Balaban J connectivity index is 1.65. The number of aromatic hydroxyl groups is 1. The molecule has 3 N–H and O–H groups in total. The fraction of sp³-hybridized carbons (Fsp3) is 0.188. The first-order valence-electron chi connectivity index (χ1n) is 6.76. The number of fused-ring (bicyclic) bond motifs is 1. The van der Waals surface area contributed by atoms with E-state index in [1.165, 1.54) is 0 Å². The summed E-state index contributed by atoms with van der Waals surface area (Å²) in [5.41, 5.74) is 2.78. The molecule has 0 aliphatic heterocycles. The number of nitrogens with one attached hydrogen (secondary N) is 2. The molecule has 0 saturated heterocycles. The van der Waals surface area contributed by atoms with Crippen molar-refractivity contribution >= 4 is 11.0 Å². The van der Waals surface area contributed by atoms with Crippen molar-refractivity contribution in [2.45, 2.75) is 13.1 Å². The lowest BCUT2D eigenvalue weighted by Crippen LogP contribution is -2.13. The lowest BCUT2D eigenvalue weighted by atomic mass is 10.2. The van der Waals surface area contributed by atoms with Crippen molar-refractivity contribution < 1.29 is 9.84 Å². The number of benzene rings is 2. The standard InChI is InChI=1S/C16H17N3O2/c1-21-12-6-7-15(20)11(8-12)9-17-10-16-18-13-4-2-3-5-14(13)19-16/h2-8,17,20H,9-10H2,1H3,(H,18,19). The maximum absolute atomic E-state index is 9.82. The highest BCUT2D eigenvalue weighted by molar-refractivity contribution is 5.74. The van der Waals surface area contributed by atoms with Gasteiger partial charge in [0.1, 0.15) is 17.3 Å². The van der Waals surface area contributed by atoms with E-state index in [0.717, 1.165) is 28.2 Å². The van der Waals surface area contributed by atoms with Gasteiger partial charge in [-0.2, -0.15) is 0 Å². The van der Waals surface area contributed by atoms with Gasteiger partial charge in [0.2, 0.25) is 0 Å². The Morgan fingerprint density at radius 1 is 1.19 bits per heavy atom. The van der Waals surface area contributed by atoms with Gasteiger partial charge in [0, 0.05) is 12.1 Å². The maximum Gasteiger partial charge on any atom is 0.121 e. The molecule has 1 heterocycles. The number of hydrogen-bond acceptors (Lipinski definition) is 4. The van der Waals surface area contributed by atoms with Crippen LogP contribution >= 0.6 is 0 Å². The van der Waals surface area contributed by atoms with Crippen LogP contribution in [0, 0.1) is 0 Å². The summed E-state index contributed by atoms with van der Waals surface area (Å²) in [6, 6.07) is 13.1. The van der Waals surface area contributed by atoms with Crippen molar-refractivity contribution in [3.8, 4) is 11.5 Å². The number of methoxy groups -OCH3 is 1. The van der Waals surface area contributed by atoms with Crippen LogP contribution in [0.1, 0.15) is 11.4 Å². The molecule has 0 saturated carbocycles. The number of aromatic amines is 1. The second-order valence-corrected chi connectivity index (χ2v) is 4.80. The quantitative estimate of drug-likeness (QED) is 0.673. The number of hydrogen-bond donors (Lipinski definition) is 3. The topological polar surface area (TPSA) is 70.2 Å². The number of ether oxygens (including phenoxy) is 1. The number of phenols is 1. The minimum Gasteiger partial charge on any atom is -0.508 e. The van der Waals surface area contributed by atoms with Crippen LogP contribution < -0.4 is 10.1 Å². The van der Waals surface area contributed by atoms with E-state index in [-0.39, 0.29) is 5.75 Å². The summed E-state index contributed by atoms with van der Waals surface area (Å²) in [4.78, 5) is 7.75. The Labute approximate surface area is 122 Å². The zero-order valence-corrected chi connectivity index (χ0v) is 11.8. The van der Waals surface area contributed by atoms with Crippen LogP contribution in [0.3, 0.4) is 0 Å². The molecule has 0 fully saturated rings. The molecule has 0 bridgehead atoms. The van der Waals surface area contributed by atoms with Crippen molar-refractivity contribution in [3.05, 3.63) is 53.9 Å². The molecule has 3 aromatic rings. The molecule has 0 aliphatic rings. The molecule has 0 amide bonds. The van der Waals surface area contributed by atoms with Crippen LogP contribution in [-0.2, 0) is 13.1 Å². The predicted molar refractivity (Wildman–Crippen MR) is 81.3 cm³/mol. The molecule has 3 rings (SSSR count). The molecule has 0 unspecified atom stereocenters. The molecular weight excluding hydrogens is 266 g/mol. The fourth-order valence-electron chi connectivity index (χ4n) is 2.24. The van der Waals surface area contributed by atoms with Gasteiger partial charge >= 0.3 is 0 Å². The summed E-state index contributed by atoms with van der Waals surface area (Å²) in [7, 11) is 1.61. The Morgan fingerprint density at radius 3 is 2.86 bits per heavy atom. The first kappa shape index (κ1) is 13.5. The summed E-state index contributed by atoms with van der Waals surface area (Å²) in [6.45, 7) is 1.14. The van der Waals surface area contributed by atoms with Crippen LogP contribution in [0.2, 0.25) is 0 Å². The maximum atomic E-state index is 9.82. The van der Waals surface area contributed by atoms with E-state index in [4.69, 9.17) is 4.74 Å². The van der Waals surface area contributed by atoms with Gasteiger partial charge < -0.3 is 20.1 Å². The van der Waals surface area contributed by atoms with Gasteiger partial charge in [-0.05, 0) is 30.3 Å². The van der Waals surface area contributed by atoms with Crippen LogP contribution in [0.25, 0.3) is 11.0 Å². The summed E-state index contributed by atoms with van der Waals surface area (Å²) in [5.74, 6) is 1.86. The summed E-state index contributed by atoms with van der Waals surface area (Å²) < 4.78 is 5.16. The molecule has 5 heteroatoms. The minimum atomic E-state index is 0.257. The number of nitrogens with zero attached hydrogens (tertiary/aromatic N) is 1. The molecule has 5 nitrogen and oxygen atoms in total. The first-order valence-corrected chi connectivity index (χ1v) is 6.76. The van der Waals surface area contributed by atoms with E-state index in [1.807, 2.05) is 30.3 Å². The van der Waals surface area contributed by atoms with Gasteiger partial charge in [-0.15, -0.1) is 0 Å². The van der Waals surface area contributed by atoms with E-state index < -0.39 is 0 Å². The Morgan fingerprint density at radius 2 is 2.05 bits per heavy atom. The van der Waals surface area contributed by atoms with E-state index in [0.29, 0.717) is 13.1 Å². The normalized spacial score (nSPS) is 10.9. The minimum absolute atomic E-state index is 0.257. The number of phenolic OH excluding ortho intramolecular Hbond substituents is 1. The van der Waals surface area contributed by atoms with Crippen molar-refractivity contribution in [2.24, 2.45) is 0 Å². The van der Waals surface area contributed by atoms with Crippen molar-refractivity contribution in [1.29, 1.82) is 0 Å². The number of H-pyrrole nitrogens is 1. The van der Waals surface area contributed by atoms with Crippen LogP contribution in [0.5, 0.6) is 11.5 Å². The number of aromatic nitrogens is 2. The van der Waals surface area contributed by atoms with E-state index in [9.17, 15) is 5.11 Å². The molecule has 21 heavy (non-hydrogen) atoms. The van der Waals surface area contributed by atoms with Crippen molar-refractivity contribution in [3.63, 3.8) is 0 Å². The molecule has 0 spiro atoms. The average molecular weight is 283 g/mol. The SMILES string of the molecule is COc1ccc(O)c(CNCc2nc3ccccc3[nH]2)c1. The highest BCUT2D eigenvalue weighted by atomic mass is 16.5. The van der Waals surface area contributed by atoms with Gasteiger partial charge in [-0.1, -0.05) is 12.1 Å². The van der Waals surface area contributed by atoms with Crippen molar-refractivity contribution in [2.75, 3.05) is 7.11 Å². The summed E-state index contributed by atoms with van der Waals surface area (Å²) in [5, 5.41) is 13.1. The molecule has 1 aromatic heterocycles. The second kappa shape index (κ2) is 5.85. The zero-order chi connectivity index (χ0) is 14.7. The lowest BCUT2D eigenvalue weighted by molar-refractivity contribution is 0.410. The molecule has 2 aromatic carbocycles. The van der Waals surface area contributed by atoms with Gasteiger partial charge in [0.15, 0.2) is 0 Å². The number of para-hydroxylation sites is 2. The van der Waals surface area contributed by atoms with Crippen LogP contribution in [-0.4, -0.2) is 22.2 Å². The third-order valence-electron chi connectivity index (χ3n) is 3.33. The Kier molecular flexibility index (Phi) is 3.75. The summed E-state index contributed by atoms with van der Waals surface area (Å²) >= 11 is 0. The first-order chi connectivity index (χ1) is 10.3. The monoisotopic (exact) mass is 283 g/mol. The number of imidazole rings is 1. The Hall–Kier alpha value is -2.53. The highest BCUT2D eigenvalue weighted by Crippen LogP contribution is 2.22. The smallest absolute Gasteiger partial charge is 0.121 e. The summed E-state index contributed by atoms with van der Waals surface area (Å²) in [6.07, 6.45) is 0. The molecule has 0 atom stereocenters. The molecular formula is C16H17N3O2. The fourth-order valence-corrected chi connectivity index (χ4v) is 2.24. The van der Waals surface area contributed by atoms with Crippen LogP contribution in [0.15, 0.2) is 42.5 Å². The van der Waals surface area contributed by atoms with E-state index in [2.05, 4.69) is 15.3 Å². The zero-order valence-electron chi connectivity index (χ0n) is 11.8. The largest absolute Gasteiger partial charge is 0.508 e. The van der Waals surface area contributed by atoms with E-state index >= 15 is 0 Å². The molecule has 108 valence electrons. The van der Waals surface area contributed by atoms with Gasteiger partial charge in [0.05, 0.1) is 24.7 Å². The Bertz CT molecular complexity index is 719. The lowest BCUT2D eigenvalue weighted by Gasteiger charge is -2.07. The third kappa shape index (κ3) is 2.98. The van der Waals surface area contributed by atoms with Crippen LogP contribution in [0.4, 0.5) is 0 Å². The molecule has 0 radical (unpaired) electrons. The third-order valence-corrected chi connectivity index (χ3v) is 3.33. The van der Waals surface area contributed by atoms with E-state index in [1.54, 1.807) is 19.2 Å².